The van der Waals surface area contributed by atoms with Gasteiger partial charge in [0.25, 0.3) is 5.91 Å². The molecule has 0 saturated heterocycles. The molecular weight excluding hydrogens is 557 g/mol. The van der Waals surface area contributed by atoms with Crippen LogP contribution in [-0.4, -0.2) is 25.8 Å². The molecule has 0 aromatic heterocycles. The van der Waals surface area contributed by atoms with E-state index in [2.05, 4.69) is 55.7 Å². The highest BCUT2D eigenvalue weighted by Crippen LogP contribution is 2.26. The van der Waals surface area contributed by atoms with E-state index in [0.717, 1.165) is 12.7 Å². The SMILES string of the molecule is COc1c(I)cc(I)cc1/C=N\NC(=O)COc1ccc(Cl)cc1. The minimum absolute atomic E-state index is 0.139. The van der Waals surface area contributed by atoms with E-state index in [1.807, 2.05) is 12.1 Å². The van der Waals surface area contributed by atoms with Crippen molar-refractivity contribution in [2.75, 3.05) is 13.7 Å². The number of hydrogen-bond donors (Lipinski definition) is 1. The maximum atomic E-state index is 11.8. The van der Waals surface area contributed by atoms with Crippen molar-refractivity contribution < 1.29 is 14.3 Å². The summed E-state index contributed by atoms with van der Waals surface area (Å²) < 4.78 is 12.7. The number of methoxy groups -OCH3 is 1. The van der Waals surface area contributed by atoms with Crippen LogP contribution in [0.5, 0.6) is 11.5 Å². The van der Waals surface area contributed by atoms with Gasteiger partial charge in [-0.05, 0) is 81.6 Å². The highest BCUT2D eigenvalue weighted by Gasteiger charge is 2.08. The molecule has 24 heavy (non-hydrogen) atoms. The van der Waals surface area contributed by atoms with E-state index in [1.165, 1.54) is 0 Å². The Labute approximate surface area is 172 Å². The lowest BCUT2D eigenvalue weighted by atomic mass is 10.2. The molecule has 0 saturated carbocycles. The van der Waals surface area contributed by atoms with Crippen molar-refractivity contribution in [1.29, 1.82) is 0 Å². The fourth-order valence-electron chi connectivity index (χ4n) is 1.78. The maximum Gasteiger partial charge on any atom is 0.277 e. The smallest absolute Gasteiger partial charge is 0.277 e. The highest BCUT2D eigenvalue weighted by atomic mass is 127. The molecule has 0 aliphatic rings. The Hall–Kier alpha value is -1.07. The van der Waals surface area contributed by atoms with E-state index in [9.17, 15) is 4.79 Å². The molecule has 0 unspecified atom stereocenters. The van der Waals surface area contributed by atoms with Gasteiger partial charge in [0, 0.05) is 14.2 Å². The second-order valence-corrected chi connectivity index (χ2v) is 7.39. The van der Waals surface area contributed by atoms with Crippen LogP contribution in [0.25, 0.3) is 0 Å². The summed E-state index contributed by atoms with van der Waals surface area (Å²) in [6.07, 6.45) is 1.54. The maximum absolute atomic E-state index is 11.8. The summed E-state index contributed by atoms with van der Waals surface area (Å²) in [6.45, 7) is -0.139. The molecule has 0 aliphatic heterocycles. The molecule has 0 heterocycles. The summed E-state index contributed by atoms with van der Waals surface area (Å²) in [4.78, 5) is 11.8. The number of rotatable bonds is 6. The first-order valence-corrected chi connectivity index (χ1v) is 9.26. The molecule has 0 spiro atoms. The van der Waals surface area contributed by atoms with Crippen LogP contribution in [0.4, 0.5) is 0 Å². The fourth-order valence-corrected chi connectivity index (χ4v) is 4.01. The van der Waals surface area contributed by atoms with Crippen LogP contribution in [0.15, 0.2) is 41.5 Å². The molecule has 0 aliphatic carbocycles. The molecule has 5 nitrogen and oxygen atoms in total. The van der Waals surface area contributed by atoms with Gasteiger partial charge >= 0.3 is 0 Å². The number of carbonyl (C=O) groups excluding carboxylic acids is 1. The van der Waals surface area contributed by atoms with Gasteiger partial charge in [-0.1, -0.05) is 11.6 Å². The van der Waals surface area contributed by atoms with Crippen molar-refractivity contribution in [3.63, 3.8) is 0 Å². The van der Waals surface area contributed by atoms with Crippen molar-refractivity contribution in [2.24, 2.45) is 5.10 Å². The average Bonchev–Trinajstić information content (AvgIpc) is 2.54. The van der Waals surface area contributed by atoms with E-state index in [-0.39, 0.29) is 12.5 Å². The predicted octanol–water partition coefficient (Wildman–Crippen LogP) is 4.09. The minimum Gasteiger partial charge on any atom is -0.495 e. The van der Waals surface area contributed by atoms with Gasteiger partial charge in [0.05, 0.1) is 16.9 Å². The van der Waals surface area contributed by atoms with Crippen LogP contribution in [0.2, 0.25) is 5.02 Å². The Morgan fingerprint density at radius 3 is 2.67 bits per heavy atom. The third kappa shape index (κ3) is 5.78. The predicted molar refractivity (Wildman–Crippen MR) is 111 cm³/mol. The zero-order valence-corrected chi connectivity index (χ0v) is 17.6. The molecule has 0 atom stereocenters. The molecule has 2 aromatic rings. The lowest BCUT2D eigenvalue weighted by Gasteiger charge is -2.08. The highest BCUT2D eigenvalue weighted by molar-refractivity contribution is 14.1. The molecule has 0 radical (unpaired) electrons. The molecule has 2 aromatic carbocycles. The number of nitrogens with zero attached hydrogens (tertiary/aromatic N) is 1. The topological polar surface area (TPSA) is 59.9 Å². The van der Waals surface area contributed by atoms with Crippen LogP contribution in [0.1, 0.15) is 5.56 Å². The van der Waals surface area contributed by atoms with Gasteiger partial charge in [0.1, 0.15) is 11.5 Å². The summed E-state index contributed by atoms with van der Waals surface area (Å²) in [7, 11) is 1.60. The lowest BCUT2D eigenvalue weighted by Crippen LogP contribution is -2.24. The van der Waals surface area contributed by atoms with Gasteiger partial charge in [-0.2, -0.15) is 5.10 Å². The van der Waals surface area contributed by atoms with Gasteiger partial charge in [0.15, 0.2) is 6.61 Å². The van der Waals surface area contributed by atoms with Gasteiger partial charge < -0.3 is 9.47 Å². The second-order valence-electron chi connectivity index (χ2n) is 4.55. The van der Waals surface area contributed by atoms with Crippen LogP contribution in [0.3, 0.4) is 0 Å². The van der Waals surface area contributed by atoms with E-state index >= 15 is 0 Å². The van der Waals surface area contributed by atoms with Gasteiger partial charge in [-0.25, -0.2) is 5.43 Å². The third-order valence-corrected chi connectivity index (χ3v) is 4.49. The average molecular weight is 571 g/mol. The van der Waals surface area contributed by atoms with E-state index < -0.39 is 0 Å². The number of halogens is 3. The molecule has 1 amide bonds. The van der Waals surface area contributed by atoms with E-state index in [1.54, 1.807) is 37.6 Å². The van der Waals surface area contributed by atoms with Crippen LogP contribution in [-0.2, 0) is 4.79 Å². The standard InChI is InChI=1S/C16H13ClI2N2O3/c1-23-16-10(6-12(18)7-14(16)19)8-20-21-15(22)9-24-13-4-2-11(17)3-5-13/h2-8H,9H2,1H3,(H,21,22)/b20-8-. The van der Waals surface area contributed by atoms with Crippen molar-refractivity contribution in [2.45, 2.75) is 0 Å². The summed E-state index contributed by atoms with van der Waals surface area (Å²) in [5, 5.41) is 4.56. The first-order valence-electron chi connectivity index (χ1n) is 6.73. The molecule has 2 rings (SSSR count). The number of carbonyl (C=O) groups is 1. The largest absolute Gasteiger partial charge is 0.495 e. The summed E-state index contributed by atoms with van der Waals surface area (Å²) in [5.74, 6) is 0.916. The lowest BCUT2D eigenvalue weighted by molar-refractivity contribution is -0.123. The second kappa shape index (κ2) is 9.42. The summed E-state index contributed by atoms with van der Waals surface area (Å²) >= 11 is 10.2. The van der Waals surface area contributed by atoms with E-state index in [0.29, 0.717) is 16.5 Å². The Morgan fingerprint density at radius 2 is 2.00 bits per heavy atom. The minimum atomic E-state index is -0.361. The normalized spacial score (nSPS) is 10.7. The van der Waals surface area contributed by atoms with Crippen molar-refractivity contribution in [3.05, 3.63) is 54.1 Å². The van der Waals surface area contributed by atoms with Gasteiger partial charge in [-0.3, -0.25) is 4.79 Å². The van der Waals surface area contributed by atoms with Crippen LogP contribution >= 0.6 is 56.8 Å². The quantitative estimate of drug-likeness (QED) is 0.324. The summed E-state index contributed by atoms with van der Waals surface area (Å²) in [6, 6.07) is 10.7. The first-order chi connectivity index (χ1) is 11.5. The Morgan fingerprint density at radius 1 is 1.29 bits per heavy atom. The number of amides is 1. The molecule has 1 N–H and O–H groups in total. The molecule has 126 valence electrons. The van der Waals surface area contributed by atoms with Crippen molar-refractivity contribution in [3.8, 4) is 11.5 Å². The number of hydrazone groups is 1. The number of nitrogens with one attached hydrogen (secondary N) is 1. The zero-order chi connectivity index (χ0) is 17.5. The Balaban J connectivity index is 1.91. The van der Waals surface area contributed by atoms with Gasteiger partial charge in [0.2, 0.25) is 0 Å². The number of benzene rings is 2. The monoisotopic (exact) mass is 570 g/mol. The van der Waals surface area contributed by atoms with Crippen molar-refractivity contribution in [1.82, 2.24) is 5.43 Å². The van der Waals surface area contributed by atoms with Crippen LogP contribution in [0, 0.1) is 7.14 Å². The van der Waals surface area contributed by atoms with E-state index in [4.69, 9.17) is 21.1 Å². The molecule has 0 bridgehead atoms. The fraction of sp³-hybridized carbons (Fsp3) is 0.125. The van der Waals surface area contributed by atoms with Crippen LogP contribution < -0.4 is 14.9 Å². The molecule has 0 fully saturated rings. The third-order valence-electron chi connectivity index (χ3n) is 2.82. The molecule has 8 heteroatoms. The van der Waals surface area contributed by atoms with Gasteiger partial charge in [-0.15, -0.1) is 0 Å². The number of hydrogen-bond acceptors (Lipinski definition) is 4. The Kier molecular flexibility index (Phi) is 7.56. The molecular formula is C16H13ClI2N2O3. The first kappa shape index (κ1) is 19.3. The summed E-state index contributed by atoms with van der Waals surface area (Å²) in [5.41, 5.74) is 3.21. The van der Waals surface area contributed by atoms with Crippen molar-refractivity contribution >= 4 is 68.9 Å². The number of ether oxygens (including phenoxy) is 2. The zero-order valence-electron chi connectivity index (χ0n) is 12.6. The Bertz CT molecular complexity index is 752.